The topological polar surface area (TPSA) is 97.4 Å². The van der Waals surface area contributed by atoms with E-state index in [1.807, 2.05) is 33.9 Å². The zero-order valence-electron chi connectivity index (χ0n) is 16.4. The summed E-state index contributed by atoms with van der Waals surface area (Å²) < 4.78 is 5.52. The number of hydrogen-bond acceptors (Lipinski definition) is 7. The number of nitrogens with two attached hydrogens (primary N) is 1. The fraction of sp³-hybridized carbons (Fsp3) is 0.526. The minimum absolute atomic E-state index is 0.0155. The molecule has 3 N–H and O–H groups in total. The van der Waals surface area contributed by atoms with Crippen molar-refractivity contribution in [2.24, 2.45) is 5.41 Å². The van der Waals surface area contributed by atoms with Crippen LogP contribution in [0.25, 0.3) is 0 Å². The standard InChI is InChI=1S/C19H26ClN5O2/c1-10-6-22-13(11(2)15(10)27-5)8-25-7-12(19(3,4)9-26)14-16(20)23-18(21)24-17(14)25/h6,12,26H,7-9H2,1-5H3,(H2,21,23,24). The molecule has 0 radical (unpaired) electrons. The predicted molar refractivity (Wildman–Crippen MR) is 106 cm³/mol. The average molecular weight is 392 g/mol. The van der Waals surface area contributed by atoms with E-state index in [2.05, 4.69) is 19.9 Å². The second-order valence-electron chi connectivity index (χ2n) is 7.74. The van der Waals surface area contributed by atoms with E-state index in [1.165, 1.54) is 0 Å². The minimum Gasteiger partial charge on any atom is -0.496 e. The highest BCUT2D eigenvalue weighted by Gasteiger charge is 2.42. The molecule has 0 spiro atoms. The number of nitrogens with zero attached hydrogens (tertiary/aromatic N) is 4. The number of aryl methyl sites for hydroxylation is 1. The molecule has 0 fully saturated rings. The number of anilines is 2. The molecule has 146 valence electrons. The summed E-state index contributed by atoms with van der Waals surface area (Å²) in [5.74, 6) is 1.67. The molecule has 7 nitrogen and oxygen atoms in total. The van der Waals surface area contributed by atoms with E-state index in [1.54, 1.807) is 7.11 Å². The third-order valence-electron chi connectivity index (χ3n) is 5.39. The Morgan fingerprint density at radius 3 is 2.70 bits per heavy atom. The molecule has 27 heavy (non-hydrogen) atoms. The number of methoxy groups -OCH3 is 1. The van der Waals surface area contributed by atoms with Crippen LogP contribution in [-0.2, 0) is 6.54 Å². The molecule has 0 bridgehead atoms. The van der Waals surface area contributed by atoms with Crippen molar-refractivity contribution in [3.05, 3.63) is 33.7 Å². The molecule has 0 saturated carbocycles. The number of ether oxygens (including phenoxy) is 1. The lowest BCUT2D eigenvalue weighted by atomic mass is 9.77. The van der Waals surface area contributed by atoms with Crippen LogP contribution in [0.2, 0.25) is 5.15 Å². The number of halogens is 1. The van der Waals surface area contributed by atoms with Crippen LogP contribution in [0.15, 0.2) is 6.20 Å². The van der Waals surface area contributed by atoms with Crippen LogP contribution in [0, 0.1) is 19.3 Å². The molecule has 0 amide bonds. The van der Waals surface area contributed by atoms with Gasteiger partial charge in [0.25, 0.3) is 0 Å². The fourth-order valence-corrected chi connectivity index (χ4v) is 3.99. The molecule has 8 heteroatoms. The zero-order chi connectivity index (χ0) is 19.9. The highest BCUT2D eigenvalue weighted by atomic mass is 35.5. The molecule has 0 aliphatic carbocycles. The molecule has 3 rings (SSSR count). The van der Waals surface area contributed by atoms with Crippen molar-refractivity contribution < 1.29 is 9.84 Å². The second-order valence-corrected chi connectivity index (χ2v) is 8.09. The molecule has 3 heterocycles. The number of nitrogen functional groups attached to an aromatic ring is 1. The lowest BCUT2D eigenvalue weighted by molar-refractivity contribution is 0.135. The molecule has 0 aromatic carbocycles. The largest absolute Gasteiger partial charge is 0.496 e. The van der Waals surface area contributed by atoms with Crippen molar-refractivity contribution in [3.8, 4) is 5.75 Å². The fourth-order valence-electron chi connectivity index (χ4n) is 3.68. The van der Waals surface area contributed by atoms with Gasteiger partial charge in [0.1, 0.15) is 16.7 Å². The van der Waals surface area contributed by atoms with E-state index in [4.69, 9.17) is 22.1 Å². The maximum atomic E-state index is 9.89. The quantitative estimate of drug-likeness (QED) is 0.756. The number of pyridine rings is 1. The predicted octanol–water partition coefficient (Wildman–Crippen LogP) is 2.85. The van der Waals surface area contributed by atoms with Crippen LogP contribution < -0.4 is 15.4 Å². The molecule has 1 unspecified atom stereocenters. The van der Waals surface area contributed by atoms with Crippen LogP contribution in [0.5, 0.6) is 5.75 Å². The Morgan fingerprint density at radius 2 is 2.07 bits per heavy atom. The van der Waals surface area contributed by atoms with Gasteiger partial charge in [-0.25, -0.2) is 4.98 Å². The smallest absolute Gasteiger partial charge is 0.223 e. The summed E-state index contributed by atoms with van der Waals surface area (Å²) >= 11 is 6.43. The third kappa shape index (κ3) is 3.41. The Balaban J connectivity index is 2.04. The van der Waals surface area contributed by atoms with Gasteiger partial charge >= 0.3 is 0 Å². The van der Waals surface area contributed by atoms with Crippen LogP contribution >= 0.6 is 11.6 Å². The molecule has 0 saturated heterocycles. The Morgan fingerprint density at radius 1 is 1.37 bits per heavy atom. The summed E-state index contributed by atoms with van der Waals surface area (Å²) in [7, 11) is 1.66. The summed E-state index contributed by atoms with van der Waals surface area (Å²) in [5, 5.41) is 10.2. The van der Waals surface area contributed by atoms with Gasteiger partial charge in [-0.05, 0) is 19.3 Å². The molecular weight excluding hydrogens is 366 g/mol. The van der Waals surface area contributed by atoms with E-state index in [-0.39, 0.29) is 23.9 Å². The Bertz CT molecular complexity index is 872. The van der Waals surface area contributed by atoms with Gasteiger partial charge in [0.05, 0.1) is 19.3 Å². The number of hydrogen-bond donors (Lipinski definition) is 2. The first kappa shape index (κ1) is 19.6. The molecule has 1 aliphatic rings. The maximum Gasteiger partial charge on any atom is 0.223 e. The van der Waals surface area contributed by atoms with Crippen molar-refractivity contribution in [1.29, 1.82) is 0 Å². The Kier molecular flexibility index (Phi) is 5.18. The molecule has 1 aliphatic heterocycles. The van der Waals surface area contributed by atoms with Crippen molar-refractivity contribution >= 4 is 23.4 Å². The van der Waals surface area contributed by atoms with E-state index < -0.39 is 0 Å². The lowest BCUT2D eigenvalue weighted by Gasteiger charge is -2.30. The van der Waals surface area contributed by atoms with E-state index in [0.29, 0.717) is 24.1 Å². The van der Waals surface area contributed by atoms with Gasteiger partial charge in [0.15, 0.2) is 0 Å². The summed E-state index contributed by atoms with van der Waals surface area (Å²) in [6, 6.07) is 0. The number of rotatable bonds is 5. The molecule has 1 atom stereocenters. The van der Waals surface area contributed by atoms with Crippen molar-refractivity contribution in [3.63, 3.8) is 0 Å². The second kappa shape index (κ2) is 7.13. The highest BCUT2D eigenvalue weighted by molar-refractivity contribution is 6.30. The van der Waals surface area contributed by atoms with E-state index in [9.17, 15) is 5.11 Å². The number of fused-ring (bicyclic) bond motifs is 1. The van der Waals surface area contributed by atoms with Crippen LogP contribution in [-0.4, -0.2) is 40.3 Å². The van der Waals surface area contributed by atoms with E-state index >= 15 is 0 Å². The van der Waals surface area contributed by atoms with Crippen molar-refractivity contribution in [1.82, 2.24) is 15.0 Å². The van der Waals surface area contributed by atoms with Gasteiger partial charge < -0.3 is 20.5 Å². The molecular formula is C19H26ClN5O2. The number of aliphatic hydroxyl groups is 1. The van der Waals surface area contributed by atoms with Gasteiger partial charge in [-0.2, -0.15) is 4.98 Å². The first-order valence-corrected chi connectivity index (χ1v) is 9.25. The summed E-state index contributed by atoms with van der Waals surface area (Å²) in [4.78, 5) is 15.3. The monoisotopic (exact) mass is 391 g/mol. The van der Waals surface area contributed by atoms with Gasteiger partial charge in [-0.15, -0.1) is 0 Å². The Hall–Kier alpha value is -2.12. The third-order valence-corrected chi connectivity index (χ3v) is 5.68. The van der Waals surface area contributed by atoms with Gasteiger partial charge in [-0.1, -0.05) is 25.4 Å². The first-order chi connectivity index (χ1) is 12.7. The first-order valence-electron chi connectivity index (χ1n) is 8.87. The van der Waals surface area contributed by atoms with Crippen LogP contribution in [0.4, 0.5) is 11.8 Å². The zero-order valence-corrected chi connectivity index (χ0v) is 17.1. The van der Waals surface area contributed by atoms with Crippen LogP contribution in [0.1, 0.15) is 42.1 Å². The lowest BCUT2D eigenvalue weighted by Crippen LogP contribution is -2.31. The minimum atomic E-state index is -0.375. The summed E-state index contributed by atoms with van der Waals surface area (Å²) in [6.07, 6.45) is 1.81. The number of aromatic nitrogens is 3. The average Bonchev–Trinajstić information content (AvgIpc) is 2.97. The van der Waals surface area contributed by atoms with Crippen LogP contribution in [0.3, 0.4) is 0 Å². The normalized spacial score (nSPS) is 16.6. The number of aliphatic hydroxyl groups excluding tert-OH is 1. The van der Waals surface area contributed by atoms with Crippen molar-refractivity contribution in [2.45, 2.75) is 40.2 Å². The summed E-state index contributed by atoms with van der Waals surface area (Å²) in [5.41, 5.74) is 9.21. The SMILES string of the molecule is COc1c(C)cnc(CN2CC(C(C)(C)CO)c3c(Cl)nc(N)nc32)c1C. The van der Waals surface area contributed by atoms with Gasteiger partial charge in [-0.3, -0.25) is 4.98 Å². The molecule has 2 aromatic heterocycles. The maximum absolute atomic E-state index is 9.89. The molecule has 2 aromatic rings. The summed E-state index contributed by atoms with van der Waals surface area (Å²) in [6.45, 7) is 9.22. The van der Waals surface area contributed by atoms with Gasteiger partial charge in [0, 0.05) is 42.0 Å². The van der Waals surface area contributed by atoms with E-state index in [0.717, 1.165) is 28.1 Å². The Labute approximate surface area is 164 Å². The van der Waals surface area contributed by atoms with Crippen molar-refractivity contribution in [2.75, 3.05) is 30.9 Å². The van der Waals surface area contributed by atoms with Gasteiger partial charge in [0.2, 0.25) is 5.95 Å². The highest BCUT2D eigenvalue weighted by Crippen LogP contribution is 2.48.